The molecule has 0 saturated carbocycles. The molecule has 1 aromatic rings. The summed E-state index contributed by atoms with van der Waals surface area (Å²) in [6.07, 6.45) is 5.68. The third kappa shape index (κ3) is 12.1. The number of methoxy groups -OCH3 is 1. The van der Waals surface area contributed by atoms with Crippen LogP contribution in [0, 0.1) is 0 Å². The van der Waals surface area contributed by atoms with Gasteiger partial charge in [0.05, 0.1) is 7.11 Å². The highest BCUT2D eigenvalue weighted by Crippen LogP contribution is 2.12. The van der Waals surface area contributed by atoms with E-state index in [-0.39, 0.29) is 18.9 Å². The first-order chi connectivity index (χ1) is 14.4. The number of benzene rings is 1. The van der Waals surface area contributed by atoms with Gasteiger partial charge >= 0.3 is 11.9 Å². The van der Waals surface area contributed by atoms with E-state index in [9.17, 15) is 14.4 Å². The van der Waals surface area contributed by atoms with E-state index in [1.807, 2.05) is 12.1 Å². The summed E-state index contributed by atoms with van der Waals surface area (Å²) in [6.45, 7) is 0.717. The number of amides is 1. The first-order valence-electron chi connectivity index (χ1n) is 10.5. The number of hydrogen-bond acceptors (Lipinski definition) is 6. The van der Waals surface area contributed by atoms with Crippen LogP contribution in [0.3, 0.4) is 0 Å². The van der Waals surface area contributed by atoms with Crippen LogP contribution in [0.25, 0.3) is 0 Å². The molecule has 8 heteroatoms. The lowest BCUT2D eigenvalue weighted by atomic mass is 10.1. The minimum Gasteiger partial charge on any atom is -0.497 e. The fraction of sp³-hybridized carbons (Fsp3) is 0.591. The van der Waals surface area contributed by atoms with Gasteiger partial charge in [0.2, 0.25) is 5.91 Å². The topological polar surface area (TPSA) is 128 Å². The van der Waals surface area contributed by atoms with Crippen LogP contribution in [0.2, 0.25) is 0 Å². The average Bonchev–Trinajstić information content (AvgIpc) is 2.74. The maximum Gasteiger partial charge on any atom is 0.323 e. The van der Waals surface area contributed by atoms with Crippen molar-refractivity contribution in [2.75, 3.05) is 13.7 Å². The third-order valence-electron chi connectivity index (χ3n) is 4.65. The van der Waals surface area contributed by atoms with Crippen LogP contribution < -0.4 is 15.8 Å². The van der Waals surface area contributed by atoms with Gasteiger partial charge in [-0.2, -0.15) is 0 Å². The second kappa shape index (κ2) is 15.3. The smallest absolute Gasteiger partial charge is 0.323 e. The number of unbranched alkanes of at least 4 members (excludes halogenated alkanes) is 4. The first kappa shape index (κ1) is 25.4. The molecule has 1 aromatic carbocycles. The SMILES string of the molecule is COc1ccc(COC(=O)[C@@H](N)CCCCNC(=O)CCCCCCC(=O)O)cc1. The Morgan fingerprint density at radius 2 is 1.67 bits per heavy atom. The van der Waals surface area contributed by atoms with E-state index in [0.29, 0.717) is 32.2 Å². The summed E-state index contributed by atoms with van der Waals surface area (Å²) < 4.78 is 10.3. The fourth-order valence-electron chi connectivity index (χ4n) is 2.82. The van der Waals surface area contributed by atoms with E-state index >= 15 is 0 Å². The van der Waals surface area contributed by atoms with E-state index < -0.39 is 18.0 Å². The molecule has 4 N–H and O–H groups in total. The van der Waals surface area contributed by atoms with Crippen molar-refractivity contribution in [3.8, 4) is 5.75 Å². The summed E-state index contributed by atoms with van der Waals surface area (Å²) in [6, 6.07) is 6.59. The zero-order chi connectivity index (χ0) is 22.2. The molecule has 0 spiro atoms. The number of esters is 1. The molecule has 0 bridgehead atoms. The predicted molar refractivity (Wildman–Crippen MR) is 113 cm³/mol. The predicted octanol–water partition coefficient (Wildman–Crippen LogP) is 2.78. The summed E-state index contributed by atoms with van der Waals surface area (Å²) in [7, 11) is 1.59. The molecule has 1 rings (SSSR count). The van der Waals surface area contributed by atoms with Gasteiger partial charge in [0.15, 0.2) is 0 Å². The van der Waals surface area contributed by atoms with Gasteiger partial charge in [0.25, 0.3) is 0 Å². The van der Waals surface area contributed by atoms with Gasteiger partial charge in [-0.25, -0.2) is 0 Å². The lowest BCUT2D eigenvalue weighted by Gasteiger charge is -2.12. The molecule has 8 nitrogen and oxygen atoms in total. The largest absolute Gasteiger partial charge is 0.497 e. The van der Waals surface area contributed by atoms with Crippen molar-refractivity contribution < 1.29 is 29.0 Å². The number of nitrogens with one attached hydrogen (secondary N) is 1. The summed E-state index contributed by atoms with van der Waals surface area (Å²) in [4.78, 5) is 34.1. The molecule has 1 atom stereocenters. The normalized spacial score (nSPS) is 11.5. The van der Waals surface area contributed by atoms with Crippen molar-refractivity contribution in [1.82, 2.24) is 5.32 Å². The van der Waals surface area contributed by atoms with Crippen molar-refractivity contribution in [1.29, 1.82) is 0 Å². The highest BCUT2D eigenvalue weighted by atomic mass is 16.5. The Kier molecular flexibility index (Phi) is 12.9. The molecule has 0 saturated heterocycles. The zero-order valence-electron chi connectivity index (χ0n) is 17.7. The van der Waals surface area contributed by atoms with Crippen molar-refractivity contribution >= 4 is 17.8 Å². The molecule has 0 aliphatic carbocycles. The summed E-state index contributed by atoms with van der Waals surface area (Å²) in [5.74, 6) is -0.475. The quantitative estimate of drug-likeness (QED) is 0.276. The van der Waals surface area contributed by atoms with Crippen LogP contribution in [0.15, 0.2) is 24.3 Å². The van der Waals surface area contributed by atoms with Gasteiger partial charge in [0.1, 0.15) is 18.4 Å². The Labute approximate surface area is 178 Å². The molecule has 30 heavy (non-hydrogen) atoms. The van der Waals surface area contributed by atoms with Gasteiger partial charge in [-0.05, 0) is 49.8 Å². The summed E-state index contributed by atoms with van der Waals surface area (Å²) >= 11 is 0. The molecule has 0 fully saturated rings. The number of carboxylic acids is 1. The van der Waals surface area contributed by atoms with Gasteiger partial charge in [-0.3, -0.25) is 14.4 Å². The standard InChI is InChI=1S/C22H34N2O6/c1-29-18-13-11-17(12-14-18)16-30-22(28)19(23)8-6-7-15-24-20(25)9-4-2-3-5-10-21(26)27/h11-14,19H,2-10,15-16,23H2,1H3,(H,24,25)(H,26,27)/t19-/m0/s1. The second-order valence-electron chi connectivity index (χ2n) is 7.22. The summed E-state index contributed by atoms with van der Waals surface area (Å²) in [5, 5.41) is 11.4. The molecule has 0 aliphatic heterocycles. The van der Waals surface area contributed by atoms with Gasteiger partial charge in [-0.15, -0.1) is 0 Å². The number of carbonyl (C=O) groups excluding carboxylic acids is 2. The van der Waals surface area contributed by atoms with E-state index in [1.54, 1.807) is 19.2 Å². The van der Waals surface area contributed by atoms with E-state index in [2.05, 4.69) is 5.32 Å². The zero-order valence-corrected chi connectivity index (χ0v) is 17.7. The van der Waals surface area contributed by atoms with Crippen molar-refractivity contribution in [2.24, 2.45) is 5.73 Å². The lowest BCUT2D eigenvalue weighted by Crippen LogP contribution is -2.32. The number of rotatable bonds is 16. The number of hydrogen-bond donors (Lipinski definition) is 3. The van der Waals surface area contributed by atoms with Crippen LogP contribution in [0.5, 0.6) is 5.75 Å². The van der Waals surface area contributed by atoms with Crippen LogP contribution >= 0.6 is 0 Å². The lowest BCUT2D eigenvalue weighted by molar-refractivity contribution is -0.146. The molecule has 0 radical (unpaired) electrons. The molecule has 0 unspecified atom stereocenters. The summed E-state index contributed by atoms with van der Waals surface area (Å²) in [5.41, 5.74) is 6.74. The van der Waals surface area contributed by atoms with Gasteiger partial charge in [0, 0.05) is 19.4 Å². The first-order valence-corrected chi connectivity index (χ1v) is 10.5. The molecule has 1 amide bonds. The third-order valence-corrected chi connectivity index (χ3v) is 4.65. The van der Waals surface area contributed by atoms with Crippen LogP contribution in [0.1, 0.15) is 63.4 Å². The number of carbonyl (C=O) groups is 3. The Hall–Kier alpha value is -2.61. The molecule has 0 aliphatic rings. The van der Waals surface area contributed by atoms with E-state index in [4.69, 9.17) is 20.3 Å². The van der Waals surface area contributed by atoms with Crippen LogP contribution in [0.4, 0.5) is 0 Å². The number of ether oxygens (including phenoxy) is 2. The Morgan fingerprint density at radius 3 is 2.30 bits per heavy atom. The minimum absolute atomic E-state index is 0.00330. The Bertz CT molecular complexity index is 648. The van der Waals surface area contributed by atoms with Crippen molar-refractivity contribution in [3.05, 3.63) is 29.8 Å². The molecule has 0 aromatic heterocycles. The van der Waals surface area contributed by atoms with Gasteiger partial charge < -0.3 is 25.6 Å². The Morgan fingerprint density at radius 1 is 1.00 bits per heavy atom. The maximum absolute atomic E-state index is 12.0. The Balaban J connectivity index is 2.03. The molecular formula is C22H34N2O6. The monoisotopic (exact) mass is 422 g/mol. The van der Waals surface area contributed by atoms with Crippen molar-refractivity contribution in [3.63, 3.8) is 0 Å². The number of nitrogens with two attached hydrogens (primary N) is 1. The second-order valence-corrected chi connectivity index (χ2v) is 7.22. The van der Waals surface area contributed by atoms with Crippen LogP contribution in [-0.4, -0.2) is 42.6 Å². The highest BCUT2D eigenvalue weighted by molar-refractivity contribution is 5.76. The van der Waals surface area contributed by atoms with Crippen molar-refractivity contribution in [2.45, 2.75) is 70.4 Å². The number of aliphatic carboxylic acids is 1. The number of carboxylic acid groups (broad SMARTS) is 1. The highest BCUT2D eigenvalue weighted by Gasteiger charge is 2.14. The molecule has 168 valence electrons. The van der Waals surface area contributed by atoms with Crippen LogP contribution in [-0.2, 0) is 25.7 Å². The maximum atomic E-state index is 12.0. The average molecular weight is 423 g/mol. The fourth-order valence-corrected chi connectivity index (χ4v) is 2.82. The minimum atomic E-state index is -0.780. The molecular weight excluding hydrogens is 388 g/mol. The van der Waals surface area contributed by atoms with Gasteiger partial charge in [-0.1, -0.05) is 25.0 Å². The molecule has 0 heterocycles. The van der Waals surface area contributed by atoms with E-state index in [0.717, 1.165) is 37.0 Å². The van der Waals surface area contributed by atoms with E-state index in [1.165, 1.54) is 0 Å².